The third-order valence-corrected chi connectivity index (χ3v) is 1.05. The molecule has 1 N–H and O–H groups in total. The lowest BCUT2D eigenvalue weighted by Gasteiger charge is -2.11. The molecule has 64 valence electrons. The van der Waals surface area contributed by atoms with Crippen LogP contribution in [-0.2, 0) is 0 Å². The van der Waals surface area contributed by atoms with Crippen molar-refractivity contribution < 1.29 is 23.6 Å². The molecule has 0 amide bonds. The Hall–Kier alpha value is -1.51. The molecule has 3 heteroatoms. The van der Waals surface area contributed by atoms with E-state index in [2.05, 4.69) is 0 Å². The summed E-state index contributed by atoms with van der Waals surface area (Å²) in [5.41, 5.74) is -1.96. The Kier molecular flexibility index (Phi) is 0.611. The second-order valence-electron chi connectivity index (χ2n) is 1.86. The van der Waals surface area contributed by atoms with Crippen LogP contribution in [-0.4, -0.2) is 25.0 Å². The smallest absolute Gasteiger partial charge is 0.335 e. The Balaban J connectivity index is 3.86. The third-order valence-electron chi connectivity index (χ3n) is 1.05. The van der Waals surface area contributed by atoms with Gasteiger partial charge in [0.05, 0.1) is 11.0 Å². The van der Waals surface area contributed by atoms with Crippen LogP contribution in [0.15, 0.2) is 24.2 Å². The lowest BCUT2D eigenvalue weighted by atomic mass is 10.2. The van der Waals surface area contributed by atoms with Crippen LogP contribution in [0.1, 0.15) is 24.1 Å². The van der Waals surface area contributed by atoms with Crippen LogP contribution in [0, 0.1) is 0 Å². The zero-order chi connectivity index (χ0) is 17.6. The average molecular weight is 175 g/mol. The number of hydrogen-bond donors (Lipinski definition) is 1. The highest BCUT2D eigenvalue weighted by atomic mass is 16.4. The fraction of sp³-hybridized carbons (Fsp3) is 0.222. The molecule has 1 aromatic carbocycles. The molecule has 0 saturated heterocycles. The van der Waals surface area contributed by atoms with Gasteiger partial charge in [0.15, 0.2) is 0 Å². The van der Waals surface area contributed by atoms with Crippen LogP contribution in [0.3, 0.4) is 0 Å². The largest absolute Gasteiger partial charge is 0.478 e. The predicted octanol–water partition coefficient (Wildman–Crippen LogP) is 1.45. The summed E-state index contributed by atoms with van der Waals surface area (Å²) in [6.07, 6.45) is 0. The van der Waals surface area contributed by atoms with Crippen LogP contribution in [0.25, 0.3) is 0 Å². The SMILES string of the molecule is [2H]c1c([2H])c(N(C([2H])([2H])[2H])C([2H])([2H])[2H])c([2H])c([2H])c1C(=O)O. The number of anilines is 1. The van der Waals surface area contributed by atoms with Crippen molar-refractivity contribution in [2.75, 3.05) is 18.9 Å². The van der Waals surface area contributed by atoms with Gasteiger partial charge in [-0.25, -0.2) is 4.79 Å². The summed E-state index contributed by atoms with van der Waals surface area (Å²) < 4.78 is 73.9. The van der Waals surface area contributed by atoms with Gasteiger partial charge >= 0.3 is 5.97 Å². The Bertz CT molecular complexity index is 577. The molecule has 0 aliphatic rings. The van der Waals surface area contributed by atoms with E-state index in [0.29, 0.717) is 0 Å². The minimum Gasteiger partial charge on any atom is -0.478 e. The molecule has 0 aliphatic carbocycles. The van der Waals surface area contributed by atoms with Crippen LogP contribution in [0.2, 0.25) is 0 Å². The van der Waals surface area contributed by atoms with Crippen molar-refractivity contribution >= 4 is 11.7 Å². The number of carboxylic acids is 1. The summed E-state index contributed by atoms with van der Waals surface area (Å²) >= 11 is 0. The van der Waals surface area contributed by atoms with E-state index < -0.39 is 55.3 Å². The van der Waals surface area contributed by atoms with E-state index in [0.717, 1.165) is 0 Å². The molecule has 3 nitrogen and oxygen atoms in total. The van der Waals surface area contributed by atoms with Gasteiger partial charge in [0, 0.05) is 27.9 Å². The molecule has 0 fully saturated rings. The first-order valence-electron chi connectivity index (χ1n) is 7.85. The fourth-order valence-electron chi connectivity index (χ4n) is 0.525. The number of hydrogen-bond acceptors (Lipinski definition) is 2. The van der Waals surface area contributed by atoms with Gasteiger partial charge in [-0.05, 0) is 24.2 Å². The fourth-order valence-corrected chi connectivity index (χ4v) is 0.525. The van der Waals surface area contributed by atoms with Crippen LogP contribution in [0.5, 0.6) is 0 Å². The summed E-state index contributed by atoms with van der Waals surface area (Å²) in [4.78, 5) is 10.8. The van der Waals surface area contributed by atoms with Crippen molar-refractivity contribution in [1.82, 2.24) is 0 Å². The maximum absolute atomic E-state index is 11.0. The van der Waals surface area contributed by atoms with Crippen molar-refractivity contribution in [3.63, 3.8) is 0 Å². The minimum atomic E-state index is -3.28. The summed E-state index contributed by atoms with van der Waals surface area (Å²) in [5.74, 6) is -1.74. The Labute approximate surface area is 85.3 Å². The molecule has 0 aromatic heterocycles. The number of nitrogens with zero attached hydrogens (tertiary/aromatic N) is 1. The summed E-state index contributed by atoms with van der Waals surface area (Å²) in [5, 5.41) is 8.90. The summed E-state index contributed by atoms with van der Waals surface area (Å²) in [7, 11) is 0. The van der Waals surface area contributed by atoms with Gasteiger partial charge in [-0.3, -0.25) is 0 Å². The monoisotopic (exact) mass is 175 g/mol. The van der Waals surface area contributed by atoms with E-state index >= 15 is 0 Å². The van der Waals surface area contributed by atoms with Gasteiger partial charge in [-0.2, -0.15) is 0 Å². The molecule has 0 radical (unpaired) electrons. The van der Waals surface area contributed by atoms with Crippen molar-refractivity contribution in [1.29, 1.82) is 0 Å². The van der Waals surface area contributed by atoms with E-state index in [1.165, 1.54) is 0 Å². The van der Waals surface area contributed by atoms with Gasteiger partial charge in [-0.15, -0.1) is 0 Å². The van der Waals surface area contributed by atoms with Gasteiger partial charge in [0.25, 0.3) is 0 Å². The quantitative estimate of drug-likeness (QED) is 0.739. The van der Waals surface area contributed by atoms with Crippen molar-refractivity contribution in [2.45, 2.75) is 0 Å². The Morgan fingerprint density at radius 1 is 1.50 bits per heavy atom. The molecule has 0 unspecified atom stereocenters. The van der Waals surface area contributed by atoms with E-state index in [9.17, 15) is 4.79 Å². The van der Waals surface area contributed by atoms with Crippen LogP contribution in [0.4, 0.5) is 5.69 Å². The zero-order valence-electron chi connectivity index (χ0n) is 15.8. The molecule has 1 aromatic rings. The molecular formula is C9H11NO2. The highest BCUT2D eigenvalue weighted by Crippen LogP contribution is 2.11. The highest BCUT2D eigenvalue weighted by molar-refractivity contribution is 5.88. The van der Waals surface area contributed by atoms with Gasteiger partial charge in [0.2, 0.25) is 0 Å². The predicted molar refractivity (Wildman–Crippen MR) is 47.7 cm³/mol. The Morgan fingerprint density at radius 3 is 2.50 bits per heavy atom. The molecule has 0 aliphatic heterocycles. The average Bonchev–Trinajstić information content (AvgIpc) is 2.28. The topological polar surface area (TPSA) is 40.5 Å². The molecule has 0 heterocycles. The van der Waals surface area contributed by atoms with Gasteiger partial charge in [-0.1, -0.05) is 0 Å². The number of rotatable bonds is 2. The summed E-state index contributed by atoms with van der Waals surface area (Å²) in [6.45, 7) is -6.55. The van der Waals surface area contributed by atoms with E-state index in [1.54, 1.807) is 0 Å². The van der Waals surface area contributed by atoms with Gasteiger partial charge < -0.3 is 10.0 Å². The van der Waals surface area contributed by atoms with E-state index in [4.69, 9.17) is 18.8 Å². The number of carbonyl (C=O) groups is 1. The first kappa shape index (κ1) is 2.25. The lowest BCUT2D eigenvalue weighted by Crippen LogP contribution is -2.08. The molecule has 0 spiro atoms. The molecule has 12 heavy (non-hydrogen) atoms. The summed E-state index contributed by atoms with van der Waals surface area (Å²) in [6, 6.07) is -4.15. The van der Waals surface area contributed by atoms with Gasteiger partial charge in [0.1, 0.15) is 0 Å². The maximum Gasteiger partial charge on any atom is 0.335 e. The second kappa shape index (κ2) is 3.26. The molecule has 1 rings (SSSR count). The number of carboxylic acid groups (broad SMARTS) is 1. The molecule has 0 atom stereocenters. The number of benzene rings is 1. The van der Waals surface area contributed by atoms with E-state index in [1.807, 2.05) is 0 Å². The maximum atomic E-state index is 11.0. The van der Waals surface area contributed by atoms with E-state index in [-0.39, 0.29) is 4.90 Å². The lowest BCUT2D eigenvalue weighted by molar-refractivity contribution is 0.0697. The standard InChI is InChI=1S/C9H11NO2/c1-10(2)8-5-3-7(4-6-8)9(11)12/h3-6H,1-2H3,(H,11,12)/i1D3,2D3,3D,4D,5D,6D. The van der Waals surface area contributed by atoms with Crippen molar-refractivity contribution in [2.24, 2.45) is 0 Å². The second-order valence-corrected chi connectivity index (χ2v) is 1.86. The van der Waals surface area contributed by atoms with Crippen LogP contribution < -0.4 is 4.90 Å². The van der Waals surface area contributed by atoms with Crippen LogP contribution >= 0.6 is 0 Å². The first-order valence-corrected chi connectivity index (χ1v) is 2.85. The van der Waals surface area contributed by atoms with Crippen molar-refractivity contribution in [3.05, 3.63) is 29.7 Å². The third kappa shape index (κ3) is 1.75. The van der Waals surface area contributed by atoms with Crippen molar-refractivity contribution in [3.8, 4) is 0 Å². The molecular weight excluding hydrogens is 154 g/mol. The molecule has 0 bridgehead atoms. The highest BCUT2D eigenvalue weighted by Gasteiger charge is 2.01. The zero-order valence-corrected chi connectivity index (χ0v) is 5.80. The normalized spacial score (nSPS) is 23.7. The minimum absolute atomic E-state index is 0.202. The first-order chi connectivity index (χ1) is 9.71. The number of aromatic carboxylic acids is 1. The molecule has 0 saturated carbocycles. The Morgan fingerprint density at radius 2 is 2.08 bits per heavy atom.